The Morgan fingerprint density at radius 2 is 1.81 bits per heavy atom. The van der Waals surface area contributed by atoms with Gasteiger partial charge in [-0.05, 0) is 42.8 Å². The number of carbonyl (C=O) groups excluding carboxylic acids is 3. The molecule has 3 rings (SSSR count). The van der Waals surface area contributed by atoms with Gasteiger partial charge in [0.25, 0.3) is 11.8 Å². The monoisotopic (exact) mass is 371 g/mol. The van der Waals surface area contributed by atoms with E-state index in [9.17, 15) is 18.8 Å². The van der Waals surface area contributed by atoms with E-state index in [2.05, 4.69) is 10.9 Å². The molecule has 1 heterocycles. The summed E-state index contributed by atoms with van der Waals surface area (Å²) >= 11 is 0. The summed E-state index contributed by atoms with van der Waals surface area (Å²) in [6, 6.07) is 11.9. The number of nitrogens with one attached hydrogen (secondary N) is 2. The van der Waals surface area contributed by atoms with Gasteiger partial charge in [-0.15, -0.1) is 0 Å². The summed E-state index contributed by atoms with van der Waals surface area (Å²) < 4.78 is 18.0. The van der Waals surface area contributed by atoms with Crippen LogP contribution < -0.4 is 20.5 Å². The molecule has 0 aliphatic carbocycles. The van der Waals surface area contributed by atoms with E-state index in [4.69, 9.17) is 4.74 Å². The predicted molar refractivity (Wildman–Crippen MR) is 95.5 cm³/mol. The number of rotatable bonds is 5. The number of hydrogen-bond donors (Lipinski definition) is 2. The number of hydrazine groups is 1. The van der Waals surface area contributed by atoms with Crippen LogP contribution in [-0.2, 0) is 9.59 Å². The molecule has 0 aromatic heterocycles. The van der Waals surface area contributed by atoms with Crippen LogP contribution >= 0.6 is 0 Å². The van der Waals surface area contributed by atoms with Crippen LogP contribution in [0, 0.1) is 5.82 Å². The van der Waals surface area contributed by atoms with Gasteiger partial charge in [-0.2, -0.15) is 0 Å². The summed E-state index contributed by atoms with van der Waals surface area (Å²) in [5.74, 6) is -1.24. The lowest BCUT2D eigenvalue weighted by Crippen LogP contribution is -2.44. The Morgan fingerprint density at radius 3 is 2.52 bits per heavy atom. The summed E-state index contributed by atoms with van der Waals surface area (Å²) in [7, 11) is 0. The van der Waals surface area contributed by atoms with Crippen molar-refractivity contribution in [2.45, 2.75) is 12.8 Å². The highest BCUT2D eigenvalue weighted by Gasteiger charge is 2.25. The standard InChI is InChI=1S/C19H18FN3O4/c20-13-7-9-14(10-8-13)27-12-17(24)21-22-19(26)15-4-1-2-5-16(15)23-11-3-6-18(23)25/h1-2,4-5,7-10H,3,6,11-12H2,(H,21,24)(H,22,26). The summed E-state index contributed by atoms with van der Waals surface area (Å²) in [4.78, 5) is 37.7. The number of hydrogen-bond acceptors (Lipinski definition) is 4. The van der Waals surface area contributed by atoms with Crippen LogP contribution in [0.2, 0.25) is 0 Å². The van der Waals surface area contributed by atoms with E-state index in [0.717, 1.165) is 6.42 Å². The molecule has 2 N–H and O–H groups in total. The van der Waals surface area contributed by atoms with Crippen LogP contribution in [0.4, 0.5) is 10.1 Å². The second-order valence-corrected chi connectivity index (χ2v) is 5.91. The molecule has 0 atom stereocenters. The van der Waals surface area contributed by atoms with Gasteiger partial charge in [0, 0.05) is 13.0 Å². The number of para-hydroxylation sites is 1. The fraction of sp³-hybridized carbons (Fsp3) is 0.211. The van der Waals surface area contributed by atoms with Crippen molar-refractivity contribution in [1.82, 2.24) is 10.9 Å². The first-order valence-corrected chi connectivity index (χ1v) is 8.41. The zero-order chi connectivity index (χ0) is 19.2. The molecule has 2 aromatic carbocycles. The third-order valence-corrected chi connectivity index (χ3v) is 4.01. The van der Waals surface area contributed by atoms with Gasteiger partial charge in [0.2, 0.25) is 5.91 Å². The van der Waals surface area contributed by atoms with Crippen molar-refractivity contribution in [2.24, 2.45) is 0 Å². The number of anilines is 1. The number of benzene rings is 2. The largest absolute Gasteiger partial charge is 0.484 e. The molecule has 27 heavy (non-hydrogen) atoms. The molecule has 3 amide bonds. The van der Waals surface area contributed by atoms with E-state index in [0.29, 0.717) is 24.4 Å². The highest BCUT2D eigenvalue weighted by atomic mass is 19.1. The van der Waals surface area contributed by atoms with Crippen molar-refractivity contribution in [2.75, 3.05) is 18.1 Å². The summed E-state index contributed by atoms with van der Waals surface area (Å²) in [5.41, 5.74) is 5.35. The normalized spacial score (nSPS) is 13.4. The Morgan fingerprint density at radius 1 is 1.07 bits per heavy atom. The van der Waals surface area contributed by atoms with Gasteiger partial charge in [-0.1, -0.05) is 12.1 Å². The summed E-state index contributed by atoms with van der Waals surface area (Å²) in [6.07, 6.45) is 1.19. The van der Waals surface area contributed by atoms with E-state index in [1.54, 1.807) is 29.2 Å². The van der Waals surface area contributed by atoms with Crippen LogP contribution in [0.15, 0.2) is 48.5 Å². The lowest BCUT2D eigenvalue weighted by atomic mass is 10.1. The molecule has 0 radical (unpaired) electrons. The first-order chi connectivity index (χ1) is 13.0. The van der Waals surface area contributed by atoms with E-state index < -0.39 is 17.6 Å². The van der Waals surface area contributed by atoms with Gasteiger partial charge < -0.3 is 9.64 Å². The van der Waals surface area contributed by atoms with Crippen LogP contribution in [0.25, 0.3) is 0 Å². The van der Waals surface area contributed by atoms with Crippen LogP contribution in [0.1, 0.15) is 23.2 Å². The Balaban J connectivity index is 1.55. The Hall–Kier alpha value is -3.42. The smallest absolute Gasteiger partial charge is 0.276 e. The molecule has 140 valence electrons. The number of carbonyl (C=O) groups is 3. The Kier molecular flexibility index (Phi) is 5.65. The van der Waals surface area contributed by atoms with Crippen molar-refractivity contribution in [3.63, 3.8) is 0 Å². The number of ether oxygens (including phenoxy) is 1. The van der Waals surface area contributed by atoms with Crippen molar-refractivity contribution in [3.8, 4) is 5.75 Å². The fourth-order valence-electron chi connectivity index (χ4n) is 2.71. The van der Waals surface area contributed by atoms with Gasteiger partial charge >= 0.3 is 0 Å². The SMILES string of the molecule is O=C(COc1ccc(F)cc1)NNC(=O)c1ccccc1N1CCCC1=O. The number of amides is 3. The highest BCUT2D eigenvalue weighted by Crippen LogP contribution is 2.25. The fourth-order valence-corrected chi connectivity index (χ4v) is 2.71. The molecule has 7 nitrogen and oxygen atoms in total. The topological polar surface area (TPSA) is 87.7 Å². The minimum absolute atomic E-state index is 0.0352. The van der Waals surface area contributed by atoms with Gasteiger partial charge in [0.05, 0.1) is 11.3 Å². The third-order valence-electron chi connectivity index (χ3n) is 4.01. The molecule has 8 heteroatoms. The molecule has 0 saturated carbocycles. The molecule has 0 spiro atoms. The first-order valence-electron chi connectivity index (χ1n) is 8.41. The van der Waals surface area contributed by atoms with E-state index in [1.807, 2.05) is 0 Å². The minimum Gasteiger partial charge on any atom is -0.484 e. The third kappa shape index (κ3) is 4.60. The summed E-state index contributed by atoms with van der Waals surface area (Å²) in [5, 5.41) is 0. The molecule has 1 saturated heterocycles. The Bertz CT molecular complexity index is 854. The van der Waals surface area contributed by atoms with Crippen LogP contribution in [0.3, 0.4) is 0 Å². The number of halogens is 1. The van der Waals surface area contributed by atoms with Crippen molar-refractivity contribution in [1.29, 1.82) is 0 Å². The van der Waals surface area contributed by atoms with Crippen molar-refractivity contribution >= 4 is 23.4 Å². The van der Waals surface area contributed by atoms with E-state index in [-0.39, 0.29) is 18.1 Å². The van der Waals surface area contributed by atoms with Gasteiger partial charge in [0.1, 0.15) is 11.6 Å². The lowest BCUT2D eigenvalue weighted by Gasteiger charge is -2.19. The second-order valence-electron chi connectivity index (χ2n) is 5.91. The second kappa shape index (κ2) is 8.31. The maximum absolute atomic E-state index is 12.8. The average Bonchev–Trinajstić information content (AvgIpc) is 3.11. The lowest BCUT2D eigenvalue weighted by molar-refractivity contribution is -0.123. The van der Waals surface area contributed by atoms with Crippen LogP contribution in [-0.4, -0.2) is 30.9 Å². The predicted octanol–water partition coefficient (Wildman–Crippen LogP) is 1.79. The Labute approximate surface area is 155 Å². The number of nitrogens with zero attached hydrogens (tertiary/aromatic N) is 1. The minimum atomic E-state index is -0.581. The maximum Gasteiger partial charge on any atom is 0.276 e. The van der Waals surface area contributed by atoms with E-state index >= 15 is 0 Å². The van der Waals surface area contributed by atoms with Gasteiger partial charge in [-0.3, -0.25) is 25.2 Å². The molecule has 2 aromatic rings. The molecule has 1 aliphatic heterocycles. The average molecular weight is 371 g/mol. The quantitative estimate of drug-likeness (QED) is 0.785. The zero-order valence-corrected chi connectivity index (χ0v) is 14.4. The van der Waals surface area contributed by atoms with Crippen molar-refractivity contribution < 1.29 is 23.5 Å². The van der Waals surface area contributed by atoms with Crippen LogP contribution in [0.5, 0.6) is 5.75 Å². The highest BCUT2D eigenvalue weighted by molar-refractivity contribution is 6.05. The summed E-state index contributed by atoms with van der Waals surface area (Å²) in [6.45, 7) is 0.208. The van der Waals surface area contributed by atoms with Gasteiger partial charge in [-0.25, -0.2) is 4.39 Å². The molecule has 0 unspecified atom stereocenters. The molecular formula is C19H18FN3O4. The molecule has 0 bridgehead atoms. The van der Waals surface area contributed by atoms with Gasteiger partial charge in [0.15, 0.2) is 6.61 Å². The molecule has 1 fully saturated rings. The van der Waals surface area contributed by atoms with Crippen molar-refractivity contribution in [3.05, 3.63) is 59.9 Å². The first kappa shape index (κ1) is 18.4. The maximum atomic E-state index is 12.8. The zero-order valence-electron chi connectivity index (χ0n) is 14.4. The molecule has 1 aliphatic rings. The van der Waals surface area contributed by atoms with E-state index in [1.165, 1.54) is 24.3 Å². The molecular weight excluding hydrogens is 353 g/mol.